The molecule has 2 saturated carbocycles. The van der Waals surface area contributed by atoms with Crippen molar-refractivity contribution in [3.8, 4) is 0 Å². The number of anilines is 6. The molecule has 2 aliphatic heterocycles. The van der Waals surface area contributed by atoms with Gasteiger partial charge in [0, 0.05) is 49.4 Å². The van der Waals surface area contributed by atoms with Gasteiger partial charge in [-0.1, -0.05) is 0 Å². The summed E-state index contributed by atoms with van der Waals surface area (Å²) in [5.74, 6) is 3.74. The monoisotopic (exact) mass is 498 g/mol. The average molecular weight is 499 g/mol. The Morgan fingerprint density at radius 1 is 0.722 bits per heavy atom. The van der Waals surface area contributed by atoms with Gasteiger partial charge in [0.25, 0.3) is 0 Å². The molecule has 4 aliphatic rings. The molecule has 2 aliphatic carbocycles. The molecule has 0 bridgehead atoms. The lowest BCUT2D eigenvalue weighted by atomic mass is 10.2. The molecule has 6 rings (SSSR count). The Bertz CT molecular complexity index is 980. The third-order valence-electron chi connectivity index (χ3n) is 7.01. The van der Waals surface area contributed by atoms with E-state index >= 15 is 0 Å². The van der Waals surface area contributed by atoms with Crippen LogP contribution in [-0.4, -0.2) is 79.6 Å². The van der Waals surface area contributed by atoms with Crippen molar-refractivity contribution < 1.29 is 10.2 Å². The largest absolute Gasteiger partial charge is 0.391 e. The van der Waals surface area contributed by atoms with Gasteiger partial charge in [-0.05, 0) is 52.4 Å². The van der Waals surface area contributed by atoms with Gasteiger partial charge in [0.15, 0.2) is 0 Å². The SMILES string of the molecule is C[C@@H]1C[C@H](O)CN1c1cc(NC2CC2)nc(N)n1.C[C@H]1C[C@@H](O)CN1c1cc(NC2CC2)nc(N)n1. The minimum Gasteiger partial charge on any atom is -0.391 e. The summed E-state index contributed by atoms with van der Waals surface area (Å²) in [6.07, 6.45) is 5.75. The number of nitrogens with two attached hydrogens (primary N) is 2. The Kier molecular flexibility index (Phi) is 6.89. The zero-order valence-electron chi connectivity index (χ0n) is 21.0. The third kappa shape index (κ3) is 6.16. The Labute approximate surface area is 211 Å². The van der Waals surface area contributed by atoms with E-state index in [-0.39, 0.29) is 36.2 Å². The molecule has 0 unspecified atom stereocenters. The van der Waals surface area contributed by atoms with Gasteiger partial charge in [-0.25, -0.2) is 0 Å². The Morgan fingerprint density at radius 2 is 1.11 bits per heavy atom. The van der Waals surface area contributed by atoms with Crippen molar-refractivity contribution in [2.75, 3.05) is 45.0 Å². The van der Waals surface area contributed by atoms with Crippen LogP contribution in [0, 0.1) is 0 Å². The van der Waals surface area contributed by atoms with Crippen LogP contribution in [0.4, 0.5) is 35.2 Å². The molecular formula is C24H38N10O2. The van der Waals surface area contributed by atoms with Gasteiger partial charge in [-0.2, -0.15) is 19.9 Å². The molecule has 8 N–H and O–H groups in total. The number of nitrogen functional groups attached to an aromatic ring is 2. The summed E-state index contributed by atoms with van der Waals surface area (Å²) in [5, 5.41) is 26.0. The first-order chi connectivity index (χ1) is 17.2. The smallest absolute Gasteiger partial charge is 0.223 e. The molecule has 0 spiro atoms. The molecule has 36 heavy (non-hydrogen) atoms. The highest BCUT2D eigenvalue weighted by Gasteiger charge is 2.31. The van der Waals surface area contributed by atoms with E-state index in [0.29, 0.717) is 25.2 Å². The lowest BCUT2D eigenvalue weighted by molar-refractivity contribution is 0.194. The number of aliphatic hydroxyl groups excluding tert-OH is 2. The third-order valence-corrected chi connectivity index (χ3v) is 7.01. The molecule has 2 aromatic rings. The molecule has 0 amide bonds. The normalized spacial score (nSPS) is 27.6. The van der Waals surface area contributed by atoms with Crippen molar-refractivity contribution >= 4 is 35.2 Å². The van der Waals surface area contributed by atoms with Crippen LogP contribution in [0.3, 0.4) is 0 Å². The van der Waals surface area contributed by atoms with E-state index in [1.165, 1.54) is 25.7 Å². The maximum Gasteiger partial charge on any atom is 0.223 e. The molecule has 4 fully saturated rings. The van der Waals surface area contributed by atoms with Crippen LogP contribution in [0.2, 0.25) is 0 Å². The van der Waals surface area contributed by atoms with E-state index in [4.69, 9.17) is 11.5 Å². The van der Waals surface area contributed by atoms with Crippen molar-refractivity contribution in [3.63, 3.8) is 0 Å². The molecule has 2 aromatic heterocycles. The van der Waals surface area contributed by atoms with Gasteiger partial charge in [-0.15, -0.1) is 0 Å². The Hall–Kier alpha value is -3.12. The van der Waals surface area contributed by atoms with Crippen molar-refractivity contribution in [1.82, 2.24) is 19.9 Å². The highest BCUT2D eigenvalue weighted by Crippen LogP contribution is 2.30. The van der Waals surface area contributed by atoms with E-state index in [0.717, 1.165) is 36.1 Å². The first-order valence-electron chi connectivity index (χ1n) is 12.9. The summed E-state index contributed by atoms with van der Waals surface area (Å²) in [7, 11) is 0. The van der Waals surface area contributed by atoms with Crippen molar-refractivity contribution in [1.29, 1.82) is 0 Å². The summed E-state index contributed by atoms with van der Waals surface area (Å²) < 4.78 is 0. The number of aliphatic hydroxyl groups is 2. The van der Waals surface area contributed by atoms with Crippen LogP contribution in [0.5, 0.6) is 0 Å². The summed E-state index contributed by atoms with van der Waals surface area (Å²) in [5.41, 5.74) is 11.5. The highest BCUT2D eigenvalue weighted by molar-refractivity contribution is 5.55. The fourth-order valence-corrected chi connectivity index (χ4v) is 4.86. The van der Waals surface area contributed by atoms with E-state index in [9.17, 15) is 10.2 Å². The van der Waals surface area contributed by atoms with Crippen LogP contribution < -0.4 is 31.9 Å². The quantitative estimate of drug-likeness (QED) is 0.336. The van der Waals surface area contributed by atoms with Gasteiger partial charge in [0.1, 0.15) is 23.3 Å². The number of β-amino-alcohol motifs (C(OH)–C–C–N with tert-alkyl or cyclic N) is 2. The molecule has 196 valence electrons. The summed E-state index contributed by atoms with van der Waals surface area (Å²) in [4.78, 5) is 21.1. The predicted octanol–water partition coefficient (Wildman–Crippen LogP) is 1.19. The van der Waals surface area contributed by atoms with Gasteiger partial charge in [0.2, 0.25) is 11.9 Å². The number of hydrogen-bond donors (Lipinski definition) is 6. The lowest BCUT2D eigenvalue weighted by Gasteiger charge is -2.22. The number of hydrogen-bond acceptors (Lipinski definition) is 12. The zero-order valence-corrected chi connectivity index (χ0v) is 21.0. The lowest BCUT2D eigenvalue weighted by Crippen LogP contribution is -2.28. The van der Waals surface area contributed by atoms with Crippen LogP contribution in [0.1, 0.15) is 52.4 Å². The maximum atomic E-state index is 9.69. The molecular weight excluding hydrogens is 460 g/mol. The molecule has 0 radical (unpaired) electrons. The van der Waals surface area contributed by atoms with E-state index < -0.39 is 0 Å². The molecule has 0 aromatic carbocycles. The molecule has 4 heterocycles. The Morgan fingerprint density at radius 3 is 1.42 bits per heavy atom. The van der Waals surface area contributed by atoms with E-state index in [2.05, 4.69) is 54.2 Å². The average Bonchev–Trinajstić information content (AvgIpc) is 3.72. The second-order valence-electron chi connectivity index (χ2n) is 10.6. The highest BCUT2D eigenvalue weighted by atomic mass is 16.3. The second kappa shape index (κ2) is 10.1. The van der Waals surface area contributed by atoms with Crippen LogP contribution in [-0.2, 0) is 0 Å². The van der Waals surface area contributed by atoms with Gasteiger partial charge in [-0.3, -0.25) is 0 Å². The fourth-order valence-electron chi connectivity index (χ4n) is 4.86. The van der Waals surface area contributed by atoms with E-state index in [1.807, 2.05) is 12.1 Å². The fraction of sp³-hybridized carbons (Fsp3) is 0.667. The van der Waals surface area contributed by atoms with Crippen LogP contribution in [0.25, 0.3) is 0 Å². The van der Waals surface area contributed by atoms with Crippen LogP contribution >= 0.6 is 0 Å². The minimum absolute atomic E-state index is 0.281. The summed E-state index contributed by atoms with van der Waals surface area (Å²) >= 11 is 0. The predicted molar refractivity (Wildman–Crippen MR) is 141 cm³/mol. The summed E-state index contributed by atoms with van der Waals surface area (Å²) in [6, 6.07) is 5.47. The molecule has 4 atom stereocenters. The maximum absolute atomic E-state index is 9.69. The summed E-state index contributed by atoms with van der Waals surface area (Å²) in [6.45, 7) is 5.39. The first-order valence-corrected chi connectivity index (χ1v) is 12.9. The van der Waals surface area contributed by atoms with Crippen molar-refractivity contribution in [2.45, 2.75) is 88.7 Å². The number of nitrogens with one attached hydrogen (secondary N) is 2. The topological polar surface area (TPSA) is 175 Å². The first kappa shape index (κ1) is 24.6. The van der Waals surface area contributed by atoms with E-state index in [1.54, 1.807) is 0 Å². The Balaban J connectivity index is 0.000000148. The minimum atomic E-state index is -0.281. The van der Waals surface area contributed by atoms with Crippen molar-refractivity contribution in [2.24, 2.45) is 0 Å². The second-order valence-corrected chi connectivity index (χ2v) is 10.6. The van der Waals surface area contributed by atoms with Gasteiger partial charge < -0.3 is 42.1 Å². The molecule has 12 heteroatoms. The molecule has 2 saturated heterocycles. The zero-order chi connectivity index (χ0) is 25.4. The van der Waals surface area contributed by atoms with Gasteiger partial charge >= 0.3 is 0 Å². The number of rotatable bonds is 6. The number of aromatic nitrogens is 4. The standard InChI is InChI=1S/2C12H19N5O/c2*1-7-4-9(18)6-17(7)11-5-10(14-8-2-3-8)15-12(13)16-11/h2*5,7-9,18H,2-4,6H2,1H3,(H3,13,14,15,16)/t2*7-,9+/m10/s1. The molecule has 12 nitrogen and oxygen atoms in total. The number of nitrogens with zero attached hydrogens (tertiary/aromatic N) is 6. The van der Waals surface area contributed by atoms with Crippen molar-refractivity contribution in [3.05, 3.63) is 12.1 Å². The van der Waals surface area contributed by atoms with Crippen LogP contribution in [0.15, 0.2) is 12.1 Å². The van der Waals surface area contributed by atoms with Gasteiger partial charge in [0.05, 0.1) is 12.2 Å².